The highest BCUT2D eigenvalue weighted by Gasteiger charge is 2.31. The van der Waals surface area contributed by atoms with Gasteiger partial charge in [0.1, 0.15) is 12.2 Å². The lowest BCUT2D eigenvalue weighted by Crippen LogP contribution is -2.45. The second-order valence-electron chi connectivity index (χ2n) is 9.07. The Morgan fingerprint density at radius 3 is 2.35 bits per heavy atom. The SMILES string of the molecule is CC1CC(=O)Nc2ccccc2N1C(=O)CN(C)C(=O)c1cc(-c2ccccc2)nn1-c1ccccc1. The number of fused-ring (bicyclic) bond motifs is 1. The zero-order chi connectivity index (χ0) is 25.9. The van der Waals surface area contributed by atoms with Crippen LogP contribution >= 0.6 is 0 Å². The van der Waals surface area contributed by atoms with Crippen LogP contribution in [0, 0.1) is 0 Å². The van der Waals surface area contributed by atoms with Gasteiger partial charge in [-0.2, -0.15) is 5.10 Å². The number of amides is 3. The summed E-state index contributed by atoms with van der Waals surface area (Å²) in [6.07, 6.45) is 0.166. The van der Waals surface area contributed by atoms with Crippen LogP contribution < -0.4 is 10.2 Å². The van der Waals surface area contributed by atoms with Gasteiger partial charge in [0.25, 0.3) is 5.91 Å². The van der Waals surface area contributed by atoms with E-state index in [9.17, 15) is 14.4 Å². The van der Waals surface area contributed by atoms with E-state index < -0.39 is 0 Å². The fourth-order valence-electron chi connectivity index (χ4n) is 4.56. The number of para-hydroxylation sites is 3. The molecule has 0 fully saturated rings. The Morgan fingerprint density at radius 2 is 1.62 bits per heavy atom. The molecule has 8 heteroatoms. The van der Waals surface area contributed by atoms with E-state index in [2.05, 4.69) is 5.32 Å². The minimum absolute atomic E-state index is 0.153. The van der Waals surface area contributed by atoms with Crippen molar-refractivity contribution >= 4 is 29.1 Å². The summed E-state index contributed by atoms with van der Waals surface area (Å²) in [7, 11) is 1.60. The Kier molecular flexibility index (Phi) is 6.55. The van der Waals surface area contributed by atoms with Gasteiger partial charge < -0.3 is 15.1 Å². The minimum atomic E-state index is -0.362. The van der Waals surface area contributed by atoms with Crippen molar-refractivity contribution in [3.8, 4) is 16.9 Å². The van der Waals surface area contributed by atoms with Crippen LogP contribution in [0.1, 0.15) is 23.8 Å². The van der Waals surface area contributed by atoms with Crippen LogP contribution in [-0.4, -0.2) is 52.0 Å². The van der Waals surface area contributed by atoms with Crippen molar-refractivity contribution in [2.45, 2.75) is 19.4 Å². The summed E-state index contributed by atoms with van der Waals surface area (Å²) in [5, 5.41) is 7.57. The lowest BCUT2D eigenvalue weighted by atomic mass is 10.1. The van der Waals surface area contributed by atoms with Gasteiger partial charge in [0, 0.05) is 25.1 Å². The van der Waals surface area contributed by atoms with E-state index in [0.29, 0.717) is 22.8 Å². The Hall–Kier alpha value is -4.72. The van der Waals surface area contributed by atoms with Gasteiger partial charge in [0.2, 0.25) is 11.8 Å². The topological polar surface area (TPSA) is 87.5 Å². The molecule has 0 spiro atoms. The first-order valence-electron chi connectivity index (χ1n) is 12.1. The molecule has 5 rings (SSSR count). The molecule has 1 atom stereocenters. The first-order valence-corrected chi connectivity index (χ1v) is 12.1. The lowest BCUT2D eigenvalue weighted by Gasteiger charge is -2.29. The summed E-state index contributed by atoms with van der Waals surface area (Å²) >= 11 is 0. The molecular weight excluding hydrogens is 466 g/mol. The molecule has 1 N–H and O–H groups in total. The van der Waals surface area contributed by atoms with Gasteiger partial charge in [-0.25, -0.2) is 4.68 Å². The highest BCUT2D eigenvalue weighted by atomic mass is 16.2. The highest BCUT2D eigenvalue weighted by molar-refractivity contribution is 6.06. The Morgan fingerprint density at radius 1 is 0.973 bits per heavy atom. The van der Waals surface area contributed by atoms with Crippen molar-refractivity contribution in [3.05, 3.63) is 96.7 Å². The van der Waals surface area contributed by atoms with Crippen LogP contribution in [0.3, 0.4) is 0 Å². The van der Waals surface area contributed by atoms with Gasteiger partial charge in [-0.1, -0.05) is 60.7 Å². The fourth-order valence-corrected chi connectivity index (χ4v) is 4.56. The van der Waals surface area contributed by atoms with Crippen molar-refractivity contribution in [3.63, 3.8) is 0 Å². The molecule has 0 radical (unpaired) electrons. The maximum absolute atomic E-state index is 13.7. The molecule has 0 saturated heterocycles. The molecule has 4 aromatic rings. The van der Waals surface area contributed by atoms with Crippen LogP contribution in [0.25, 0.3) is 16.9 Å². The number of aromatic nitrogens is 2. The number of nitrogens with zero attached hydrogens (tertiary/aromatic N) is 4. The maximum Gasteiger partial charge on any atom is 0.272 e. The molecule has 1 unspecified atom stereocenters. The zero-order valence-corrected chi connectivity index (χ0v) is 20.7. The molecular formula is C29H27N5O3. The van der Waals surface area contributed by atoms with E-state index in [4.69, 9.17) is 5.10 Å². The highest BCUT2D eigenvalue weighted by Crippen LogP contribution is 2.31. The van der Waals surface area contributed by atoms with E-state index in [1.54, 1.807) is 34.8 Å². The monoisotopic (exact) mass is 493 g/mol. The van der Waals surface area contributed by atoms with Crippen molar-refractivity contribution in [2.75, 3.05) is 23.8 Å². The van der Waals surface area contributed by atoms with Crippen molar-refractivity contribution in [1.29, 1.82) is 0 Å². The maximum atomic E-state index is 13.7. The van der Waals surface area contributed by atoms with E-state index in [-0.39, 0.29) is 36.7 Å². The number of carbonyl (C=O) groups excluding carboxylic acids is 3. The molecule has 2 heterocycles. The normalized spacial score (nSPS) is 14.9. The number of benzene rings is 3. The number of hydrogen-bond donors (Lipinski definition) is 1. The second-order valence-corrected chi connectivity index (χ2v) is 9.07. The molecule has 1 aliphatic rings. The fraction of sp³-hybridized carbons (Fsp3) is 0.172. The number of rotatable bonds is 5. The summed E-state index contributed by atoms with van der Waals surface area (Å²) in [4.78, 5) is 42.5. The van der Waals surface area contributed by atoms with Crippen molar-refractivity contribution < 1.29 is 14.4 Å². The standard InChI is InChI=1S/C29H27N5O3/c1-20-17-27(35)30-23-15-9-10-16-25(23)33(20)28(36)19-32(2)29(37)26-18-24(21-11-5-3-6-12-21)31-34(26)22-13-7-4-8-14-22/h3-16,18,20H,17,19H2,1-2H3,(H,30,35). The predicted octanol–water partition coefficient (Wildman–Crippen LogP) is 4.38. The molecule has 1 aromatic heterocycles. The lowest BCUT2D eigenvalue weighted by molar-refractivity contribution is -0.119. The predicted molar refractivity (Wildman–Crippen MR) is 143 cm³/mol. The number of hydrogen-bond acceptors (Lipinski definition) is 4. The Balaban J connectivity index is 1.45. The summed E-state index contributed by atoms with van der Waals surface area (Å²) in [6, 6.07) is 27.6. The third-order valence-corrected chi connectivity index (χ3v) is 6.35. The van der Waals surface area contributed by atoms with Crippen LogP contribution in [0.4, 0.5) is 11.4 Å². The van der Waals surface area contributed by atoms with Crippen LogP contribution in [0.5, 0.6) is 0 Å². The molecule has 0 bridgehead atoms. The van der Waals surface area contributed by atoms with Gasteiger partial charge in [-0.3, -0.25) is 14.4 Å². The molecule has 0 aliphatic carbocycles. The largest absolute Gasteiger partial charge is 0.331 e. The number of likely N-dealkylation sites (N-methyl/N-ethyl adjacent to an activating group) is 1. The minimum Gasteiger partial charge on any atom is -0.331 e. The van der Waals surface area contributed by atoms with E-state index >= 15 is 0 Å². The average Bonchev–Trinajstić information content (AvgIpc) is 3.30. The summed E-state index contributed by atoms with van der Waals surface area (Å²) in [6.45, 7) is 1.67. The third kappa shape index (κ3) is 4.86. The van der Waals surface area contributed by atoms with Crippen molar-refractivity contribution in [2.24, 2.45) is 0 Å². The van der Waals surface area contributed by atoms with Crippen molar-refractivity contribution in [1.82, 2.24) is 14.7 Å². The van der Waals surface area contributed by atoms with Crippen LogP contribution in [-0.2, 0) is 9.59 Å². The molecule has 1 aliphatic heterocycles. The van der Waals surface area contributed by atoms with Gasteiger partial charge in [0.05, 0.1) is 22.8 Å². The van der Waals surface area contributed by atoms with Gasteiger partial charge in [-0.15, -0.1) is 0 Å². The Labute approximate surface area is 215 Å². The quantitative estimate of drug-likeness (QED) is 0.447. The zero-order valence-electron chi connectivity index (χ0n) is 20.7. The third-order valence-electron chi connectivity index (χ3n) is 6.35. The molecule has 8 nitrogen and oxygen atoms in total. The van der Waals surface area contributed by atoms with E-state index in [1.165, 1.54) is 4.90 Å². The summed E-state index contributed by atoms with van der Waals surface area (Å²) < 4.78 is 1.61. The molecule has 3 aromatic carbocycles. The average molecular weight is 494 g/mol. The van der Waals surface area contributed by atoms with Crippen LogP contribution in [0.15, 0.2) is 91.0 Å². The molecule has 0 saturated carbocycles. The second kappa shape index (κ2) is 10.1. The number of nitrogens with one attached hydrogen (secondary N) is 1. The summed E-state index contributed by atoms with van der Waals surface area (Å²) in [5.74, 6) is -0.766. The smallest absolute Gasteiger partial charge is 0.272 e. The first kappa shape index (κ1) is 24.0. The molecule has 3 amide bonds. The van der Waals surface area contributed by atoms with Crippen LogP contribution in [0.2, 0.25) is 0 Å². The molecule has 37 heavy (non-hydrogen) atoms. The first-order chi connectivity index (χ1) is 17.9. The number of anilines is 2. The van der Waals surface area contributed by atoms with E-state index in [0.717, 1.165) is 11.3 Å². The Bertz CT molecular complexity index is 1450. The van der Waals surface area contributed by atoms with Gasteiger partial charge in [-0.05, 0) is 37.3 Å². The molecule has 186 valence electrons. The van der Waals surface area contributed by atoms with Gasteiger partial charge >= 0.3 is 0 Å². The van der Waals surface area contributed by atoms with E-state index in [1.807, 2.05) is 79.7 Å². The number of carbonyl (C=O) groups is 3. The summed E-state index contributed by atoms with van der Waals surface area (Å²) in [5.41, 5.74) is 3.83. The van der Waals surface area contributed by atoms with Gasteiger partial charge in [0.15, 0.2) is 0 Å².